The van der Waals surface area contributed by atoms with E-state index >= 15 is 0 Å². The van der Waals surface area contributed by atoms with E-state index in [9.17, 15) is 0 Å². The van der Waals surface area contributed by atoms with Gasteiger partial charge in [-0.1, -0.05) is 0 Å². The fraction of sp³-hybridized carbons (Fsp3) is 0.750. The highest BCUT2D eigenvalue weighted by atomic mass is 32.1. The minimum atomic E-state index is 0.495. The van der Waals surface area contributed by atoms with Gasteiger partial charge in [0.2, 0.25) is 0 Å². The molecule has 3 heterocycles. The van der Waals surface area contributed by atoms with Crippen LogP contribution in [-0.4, -0.2) is 60.1 Å². The molecule has 94 valence electrons. The molecule has 0 radical (unpaired) electrons. The first-order chi connectivity index (χ1) is 8.34. The van der Waals surface area contributed by atoms with E-state index in [1.807, 2.05) is 6.20 Å². The van der Waals surface area contributed by atoms with Gasteiger partial charge < -0.3 is 5.32 Å². The van der Waals surface area contributed by atoms with Gasteiger partial charge in [-0.2, -0.15) is 0 Å². The summed E-state index contributed by atoms with van der Waals surface area (Å²) in [5, 5.41) is 6.73. The Balaban J connectivity index is 1.50. The number of nitrogens with one attached hydrogen (secondary N) is 1. The van der Waals surface area contributed by atoms with Crippen LogP contribution in [0, 0.1) is 0 Å². The van der Waals surface area contributed by atoms with Gasteiger partial charge in [0.15, 0.2) is 0 Å². The quantitative estimate of drug-likeness (QED) is 0.862. The Morgan fingerprint density at radius 1 is 1.41 bits per heavy atom. The van der Waals surface area contributed by atoms with E-state index in [2.05, 4.69) is 32.4 Å². The predicted octanol–water partition coefficient (Wildman–Crippen LogP) is 0.794. The van der Waals surface area contributed by atoms with Crippen molar-refractivity contribution in [3.05, 3.63) is 16.6 Å². The number of nitrogens with zero attached hydrogens (tertiary/aromatic N) is 3. The molecular weight excluding hydrogens is 232 g/mol. The average molecular weight is 252 g/mol. The van der Waals surface area contributed by atoms with E-state index in [1.165, 1.54) is 31.2 Å². The molecule has 5 heteroatoms. The Hall–Kier alpha value is -0.490. The second-order valence-corrected chi connectivity index (χ2v) is 5.87. The summed E-state index contributed by atoms with van der Waals surface area (Å²) in [6.07, 6.45) is 1.91. The second kappa shape index (κ2) is 5.02. The van der Waals surface area contributed by atoms with Crippen molar-refractivity contribution in [3.8, 4) is 0 Å². The van der Waals surface area contributed by atoms with Crippen LogP contribution in [0.2, 0.25) is 0 Å². The molecule has 1 N–H and O–H groups in total. The second-order valence-electron chi connectivity index (χ2n) is 4.94. The molecule has 1 aromatic rings. The van der Waals surface area contributed by atoms with Crippen LogP contribution in [0.25, 0.3) is 0 Å². The fourth-order valence-electron chi connectivity index (χ4n) is 2.68. The van der Waals surface area contributed by atoms with E-state index in [4.69, 9.17) is 0 Å². The molecule has 0 amide bonds. The molecule has 0 bridgehead atoms. The number of aromatic nitrogens is 1. The predicted molar refractivity (Wildman–Crippen MR) is 70.3 cm³/mol. The molecule has 2 aliphatic rings. The lowest BCUT2D eigenvalue weighted by Crippen LogP contribution is -2.62. The van der Waals surface area contributed by atoms with Crippen LogP contribution in [0.3, 0.4) is 0 Å². The summed E-state index contributed by atoms with van der Waals surface area (Å²) in [6.45, 7) is 9.42. The van der Waals surface area contributed by atoms with Crippen molar-refractivity contribution < 1.29 is 0 Å². The van der Waals surface area contributed by atoms with Gasteiger partial charge in [-0.3, -0.25) is 9.80 Å². The summed E-state index contributed by atoms with van der Waals surface area (Å²) < 4.78 is 0. The first-order valence-electron chi connectivity index (χ1n) is 6.43. The number of hydrogen-bond acceptors (Lipinski definition) is 5. The van der Waals surface area contributed by atoms with E-state index in [1.54, 1.807) is 11.3 Å². The molecule has 4 nitrogen and oxygen atoms in total. The highest BCUT2D eigenvalue weighted by Gasteiger charge is 2.35. The Labute approximate surface area is 107 Å². The molecule has 1 unspecified atom stereocenters. The van der Waals surface area contributed by atoms with Gasteiger partial charge in [0, 0.05) is 56.9 Å². The van der Waals surface area contributed by atoms with Crippen LogP contribution in [0.1, 0.15) is 18.0 Å². The summed E-state index contributed by atoms with van der Waals surface area (Å²) in [4.78, 5) is 9.57. The topological polar surface area (TPSA) is 31.4 Å². The van der Waals surface area contributed by atoms with Gasteiger partial charge in [-0.15, -0.1) is 11.3 Å². The number of thiazole rings is 1. The summed E-state index contributed by atoms with van der Waals surface area (Å²) in [5.74, 6) is 0. The maximum absolute atomic E-state index is 4.41. The number of rotatable bonds is 3. The van der Waals surface area contributed by atoms with Crippen molar-refractivity contribution in [2.24, 2.45) is 0 Å². The zero-order chi connectivity index (χ0) is 11.7. The first kappa shape index (κ1) is 11.6. The molecule has 2 fully saturated rings. The summed E-state index contributed by atoms with van der Waals surface area (Å²) >= 11 is 1.77. The minimum absolute atomic E-state index is 0.495. The van der Waals surface area contributed by atoms with Crippen LogP contribution < -0.4 is 5.32 Å². The van der Waals surface area contributed by atoms with E-state index in [0.29, 0.717) is 6.04 Å². The van der Waals surface area contributed by atoms with Gasteiger partial charge in [0.1, 0.15) is 5.01 Å². The standard InChI is InChI=1S/C12H20N4S/c1-10(12-14-4-7-17-12)16-8-11(9-16)15-5-2-13-3-6-15/h4,7,10-11,13H,2-3,5-6,8-9H2,1H3. The van der Waals surface area contributed by atoms with Crippen LogP contribution in [0.5, 0.6) is 0 Å². The number of piperazine rings is 1. The number of hydrogen-bond donors (Lipinski definition) is 1. The third kappa shape index (κ3) is 2.38. The summed E-state index contributed by atoms with van der Waals surface area (Å²) in [5.41, 5.74) is 0. The van der Waals surface area contributed by atoms with Crippen molar-refractivity contribution in [3.63, 3.8) is 0 Å². The molecule has 0 spiro atoms. The van der Waals surface area contributed by atoms with Crippen LogP contribution >= 0.6 is 11.3 Å². The van der Waals surface area contributed by atoms with Crippen LogP contribution in [-0.2, 0) is 0 Å². The lowest BCUT2D eigenvalue weighted by atomic mass is 10.0. The maximum atomic E-state index is 4.41. The fourth-order valence-corrected chi connectivity index (χ4v) is 3.41. The molecule has 1 atom stereocenters. The largest absolute Gasteiger partial charge is 0.314 e. The lowest BCUT2D eigenvalue weighted by molar-refractivity contribution is 0.00343. The van der Waals surface area contributed by atoms with E-state index < -0.39 is 0 Å². The highest BCUT2D eigenvalue weighted by Crippen LogP contribution is 2.28. The SMILES string of the molecule is CC(c1nccs1)N1CC(N2CCNCC2)C1. The van der Waals surface area contributed by atoms with Gasteiger partial charge in [-0.25, -0.2) is 4.98 Å². The van der Waals surface area contributed by atoms with Gasteiger partial charge in [0.25, 0.3) is 0 Å². The Bertz CT molecular complexity index is 341. The van der Waals surface area contributed by atoms with Crippen molar-refractivity contribution in [1.82, 2.24) is 20.1 Å². The molecular formula is C12H20N4S. The zero-order valence-electron chi connectivity index (χ0n) is 10.3. The molecule has 3 rings (SSSR count). The monoisotopic (exact) mass is 252 g/mol. The van der Waals surface area contributed by atoms with E-state index in [-0.39, 0.29) is 0 Å². The Morgan fingerprint density at radius 2 is 2.18 bits per heavy atom. The molecule has 1 aromatic heterocycles. The Kier molecular flexibility index (Phi) is 3.42. The first-order valence-corrected chi connectivity index (χ1v) is 7.31. The van der Waals surface area contributed by atoms with Crippen molar-refractivity contribution in [1.29, 1.82) is 0 Å². The molecule has 0 aromatic carbocycles. The van der Waals surface area contributed by atoms with Crippen LogP contribution in [0.4, 0.5) is 0 Å². The third-order valence-electron chi connectivity index (χ3n) is 3.92. The third-order valence-corrected chi connectivity index (χ3v) is 4.86. The van der Waals surface area contributed by atoms with Gasteiger partial charge in [-0.05, 0) is 6.92 Å². The molecule has 2 aliphatic heterocycles. The highest BCUT2D eigenvalue weighted by molar-refractivity contribution is 7.09. The van der Waals surface area contributed by atoms with Crippen molar-refractivity contribution in [2.45, 2.75) is 19.0 Å². The zero-order valence-corrected chi connectivity index (χ0v) is 11.1. The maximum Gasteiger partial charge on any atom is 0.109 e. The Morgan fingerprint density at radius 3 is 2.82 bits per heavy atom. The van der Waals surface area contributed by atoms with Crippen molar-refractivity contribution in [2.75, 3.05) is 39.3 Å². The van der Waals surface area contributed by atoms with Gasteiger partial charge >= 0.3 is 0 Å². The molecule has 2 saturated heterocycles. The van der Waals surface area contributed by atoms with Gasteiger partial charge in [0.05, 0.1) is 6.04 Å². The molecule has 0 saturated carbocycles. The molecule has 0 aliphatic carbocycles. The smallest absolute Gasteiger partial charge is 0.109 e. The number of likely N-dealkylation sites (tertiary alicyclic amines) is 1. The lowest BCUT2D eigenvalue weighted by Gasteiger charge is -2.48. The van der Waals surface area contributed by atoms with E-state index in [0.717, 1.165) is 19.1 Å². The average Bonchev–Trinajstić information content (AvgIpc) is 2.81. The normalized spacial score (nSPS) is 25.7. The van der Waals surface area contributed by atoms with Crippen LogP contribution in [0.15, 0.2) is 11.6 Å². The molecule has 17 heavy (non-hydrogen) atoms. The summed E-state index contributed by atoms with van der Waals surface area (Å²) in [7, 11) is 0. The minimum Gasteiger partial charge on any atom is -0.314 e. The summed E-state index contributed by atoms with van der Waals surface area (Å²) in [6, 6.07) is 1.27. The van der Waals surface area contributed by atoms with Crippen molar-refractivity contribution >= 4 is 11.3 Å².